The Morgan fingerprint density at radius 1 is 0.867 bits per heavy atom. The lowest BCUT2D eigenvalue weighted by molar-refractivity contribution is -0.394. The van der Waals surface area contributed by atoms with Gasteiger partial charge >= 0.3 is 0 Å². The molecule has 2 aromatic rings. The molecule has 0 aliphatic carbocycles. The molecule has 1 aliphatic heterocycles. The molecule has 0 spiro atoms. The van der Waals surface area contributed by atoms with Gasteiger partial charge in [-0.25, -0.2) is 0 Å². The number of nitrogens with one attached hydrogen (secondary N) is 1. The van der Waals surface area contributed by atoms with Crippen molar-refractivity contribution < 1.29 is 19.4 Å². The number of non-ortho nitro benzene ring substituents is 2. The van der Waals surface area contributed by atoms with Crippen molar-refractivity contribution in [2.24, 2.45) is 0 Å². The van der Waals surface area contributed by atoms with E-state index in [4.69, 9.17) is 0 Å². The summed E-state index contributed by atoms with van der Waals surface area (Å²) in [5.74, 6) is -0.990. The minimum Gasteiger partial charge on any atom is -0.339 e. The van der Waals surface area contributed by atoms with Crippen LogP contribution in [0.15, 0.2) is 42.5 Å². The van der Waals surface area contributed by atoms with Crippen molar-refractivity contribution in [3.05, 3.63) is 73.8 Å². The first-order valence-electron chi connectivity index (χ1n) is 9.50. The van der Waals surface area contributed by atoms with E-state index >= 15 is 0 Å². The molecule has 10 heteroatoms. The molecule has 1 saturated heterocycles. The Balaban J connectivity index is 1.88. The molecule has 1 aliphatic rings. The van der Waals surface area contributed by atoms with E-state index in [0.29, 0.717) is 18.7 Å². The Hall–Kier alpha value is -3.82. The van der Waals surface area contributed by atoms with Gasteiger partial charge in [0.05, 0.1) is 32.7 Å². The lowest BCUT2D eigenvalue weighted by atomic mass is 10.1. The molecule has 156 valence electrons. The molecule has 1 N–H and O–H groups in total. The fourth-order valence-corrected chi connectivity index (χ4v) is 3.35. The van der Waals surface area contributed by atoms with Crippen molar-refractivity contribution in [2.45, 2.75) is 25.7 Å². The SMILES string of the molecule is O=C(Nc1ccccc1C(=O)N1CCCCCC1)c1cc([N+](=O)[O-])cc([N+](=O)[O-])c1. The zero-order valence-corrected chi connectivity index (χ0v) is 16.1. The largest absolute Gasteiger partial charge is 0.339 e. The van der Waals surface area contributed by atoms with Crippen molar-refractivity contribution in [3.8, 4) is 0 Å². The van der Waals surface area contributed by atoms with E-state index in [1.807, 2.05) is 0 Å². The lowest BCUT2D eigenvalue weighted by Gasteiger charge is -2.22. The van der Waals surface area contributed by atoms with Gasteiger partial charge in [0.25, 0.3) is 23.2 Å². The molecular formula is C20H20N4O6. The van der Waals surface area contributed by atoms with Crippen LogP contribution in [-0.4, -0.2) is 39.7 Å². The predicted molar refractivity (Wildman–Crippen MR) is 109 cm³/mol. The maximum Gasteiger partial charge on any atom is 0.277 e. The third-order valence-electron chi connectivity index (χ3n) is 4.89. The molecule has 0 saturated carbocycles. The quantitative estimate of drug-likeness (QED) is 0.586. The third-order valence-corrected chi connectivity index (χ3v) is 4.89. The molecule has 2 aromatic carbocycles. The molecule has 10 nitrogen and oxygen atoms in total. The average Bonchev–Trinajstić information content (AvgIpc) is 3.02. The van der Waals surface area contributed by atoms with Crippen LogP contribution in [0.2, 0.25) is 0 Å². The van der Waals surface area contributed by atoms with Gasteiger partial charge in [0.15, 0.2) is 0 Å². The van der Waals surface area contributed by atoms with Gasteiger partial charge < -0.3 is 10.2 Å². The van der Waals surface area contributed by atoms with Gasteiger partial charge in [-0.05, 0) is 25.0 Å². The zero-order valence-electron chi connectivity index (χ0n) is 16.1. The molecule has 0 atom stereocenters. The van der Waals surface area contributed by atoms with E-state index in [-0.39, 0.29) is 17.2 Å². The summed E-state index contributed by atoms with van der Waals surface area (Å²) in [6, 6.07) is 9.17. The number of hydrogen-bond donors (Lipinski definition) is 1. The number of para-hydroxylation sites is 1. The molecule has 0 bridgehead atoms. The molecular weight excluding hydrogens is 392 g/mol. The highest BCUT2D eigenvalue weighted by Crippen LogP contribution is 2.25. The number of amides is 2. The Labute approximate surface area is 171 Å². The van der Waals surface area contributed by atoms with E-state index in [2.05, 4.69) is 5.32 Å². The number of likely N-dealkylation sites (tertiary alicyclic amines) is 1. The fraction of sp³-hybridized carbons (Fsp3) is 0.300. The second kappa shape index (κ2) is 9.12. The summed E-state index contributed by atoms with van der Waals surface area (Å²) in [5, 5.41) is 24.7. The summed E-state index contributed by atoms with van der Waals surface area (Å²) in [6.45, 7) is 1.27. The smallest absolute Gasteiger partial charge is 0.277 e. The minimum absolute atomic E-state index is 0.210. The molecule has 2 amide bonds. The number of nitrogens with zero attached hydrogens (tertiary/aromatic N) is 3. The normalized spacial score (nSPS) is 13.9. The van der Waals surface area contributed by atoms with Gasteiger partial charge in [0.1, 0.15) is 0 Å². The molecule has 0 unspecified atom stereocenters. The van der Waals surface area contributed by atoms with Crippen LogP contribution in [0.1, 0.15) is 46.4 Å². The number of rotatable bonds is 5. The van der Waals surface area contributed by atoms with Gasteiger partial charge in [0, 0.05) is 25.2 Å². The number of carbonyl (C=O) groups excluding carboxylic acids is 2. The average molecular weight is 412 g/mol. The maximum absolute atomic E-state index is 13.0. The maximum atomic E-state index is 13.0. The van der Waals surface area contributed by atoms with Gasteiger partial charge in [-0.2, -0.15) is 0 Å². The molecule has 30 heavy (non-hydrogen) atoms. The first kappa shape index (κ1) is 20.9. The van der Waals surface area contributed by atoms with Crippen molar-refractivity contribution in [1.82, 2.24) is 4.90 Å². The first-order chi connectivity index (χ1) is 14.4. The molecule has 0 aromatic heterocycles. The topological polar surface area (TPSA) is 136 Å². The van der Waals surface area contributed by atoms with Crippen molar-refractivity contribution in [2.75, 3.05) is 18.4 Å². The van der Waals surface area contributed by atoms with Crippen molar-refractivity contribution >= 4 is 28.9 Å². The van der Waals surface area contributed by atoms with Gasteiger partial charge in [0.2, 0.25) is 0 Å². The summed E-state index contributed by atoms with van der Waals surface area (Å²) in [5.41, 5.74) is -0.835. The van der Waals surface area contributed by atoms with E-state index in [9.17, 15) is 29.8 Å². The van der Waals surface area contributed by atoms with Crippen LogP contribution >= 0.6 is 0 Å². The summed E-state index contributed by atoms with van der Waals surface area (Å²) >= 11 is 0. The summed E-state index contributed by atoms with van der Waals surface area (Å²) in [6.07, 6.45) is 3.96. The predicted octanol–water partition coefficient (Wildman–Crippen LogP) is 3.77. The van der Waals surface area contributed by atoms with Crippen LogP contribution < -0.4 is 5.32 Å². The highest BCUT2D eigenvalue weighted by atomic mass is 16.6. The van der Waals surface area contributed by atoms with Crippen LogP contribution in [0.25, 0.3) is 0 Å². The van der Waals surface area contributed by atoms with E-state index < -0.39 is 27.1 Å². The fourth-order valence-electron chi connectivity index (χ4n) is 3.35. The number of benzene rings is 2. The van der Waals surface area contributed by atoms with Crippen LogP contribution in [0.4, 0.5) is 17.1 Å². The Morgan fingerprint density at radius 2 is 1.43 bits per heavy atom. The van der Waals surface area contributed by atoms with E-state index in [0.717, 1.165) is 43.9 Å². The Bertz CT molecular complexity index is 966. The summed E-state index contributed by atoms with van der Waals surface area (Å²) in [4.78, 5) is 47.9. The molecule has 0 radical (unpaired) electrons. The van der Waals surface area contributed by atoms with Crippen LogP contribution in [-0.2, 0) is 0 Å². The number of hydrogen-bond acceptors (Lipinski definition) is 6. The summed E-state index contributed by atoms with van der Waals surface area (Å²) < 4.78 is 0. The van der Waals surface area contributed by atoms with Gasteiger partial charge in [-0.15, -0.1) is 0 Å². The zero-order chi connectivity index (χ0) is 21.7. The Morgan fingerprint density at radius 3 is 2.00 bits per heavy atom. The Kier molecular flexibility index (Phi) is 6.35. The van der Waals surface area contributed by atoms with Crippen LogP contribution in [0, 0.1) is 20.2 Å². The van der Waals surface area contributed by atoms with Crippen molar-refractivity contribution in [1.29, 1.82) is 0 Å². The molecule has 3 rings (SSSR count). The second-order valence-corrected chi connectivity index (χ2v) is 6.96. The lowest BCUT2D eigenvalue weighted by Crippen LogP contribution is -2.32. The minimum atomic E-state index is -0.805. The monoisotopic (exact) mass is 412 g/mol. The van der Waals surface area contributed by atoms with Crippen molar-refractivity contribution in [3.63, 3.8) is 0 Å². The number of nitro groups is 2. The highest BCUT2D eigenvalue weighted by Gasteiger charge is 2.23. The third kappa shape index (κ3) is 4.77. The number of carbonyl (C=O) groups is 2. The van der Waals surface area contributed by atoms with E-state index in [1.165, 1.54) is 0 Å². The van der Waals surface area contributed by atoms with Crippen LogP contribution in [0.5, 0.6) is 0 Å². The number of anilines is 1. The number of nitro benzene ring substituents is 2. The highest BCUT2D eigenvalue weighted by molar-refractivity contribution is 6.09. The van der Waals surface area contributed by atoms with Crippen LogP contribution in [0.3, 0.4) is 0 Å². The van der Waals surface area contributed by atoms with Gasteiger partial charge in [-0.1, -0.05) is 25.0 Å². The van der Waals surface area contributed by atoms with E-state index in [1.54, 1.807) is 29.2 Å². The molecule has 1 fully saturated rings. The van der Waals surface area contributed by atoms with Gasteiger partial charge in [-0.3, -0.25) is 29.8 Å². The first-order valence-corrected chi connectivity index (χ1v) is 9.50. The summed E-state index contributed by atoms with van der Waals surface area (Å²) in [7, 11) is 0. The standard InChI is InChI=1S/C20H20N4O6/c25-19(14-11-15(23(27)28)13-16(12-14)24(29)30)21-18-8-4-3-7-17(18)20(26)22-9-5-1-2-6-10-22/h3-4,7-8,11-13H,1-2,5-6,9-10H2,(H,21,25). The molecule has 1 heterocycles. The second-order valence-electron chi connectivity index (χ2n) is 6.96.